The number of alkyl halides is 1. The predicted molar refractivity (Wildman–Crippen MR) is 87.9 cm³/mol. The van der Waals surface area contributed by atoms with E-state index < -0.39 is 5.56 Å². The Morgan fingerprint density at radius 1 is 1.35 bits per heavy atom. The summed E-state index contributed by atoms with van der Waals surface area (Å²) in [5, 5.41) is 0. The molecule has 1 aliphatic heterocycles. The summed E-state index contributed by atoms with van der Waals surface area (Å²) >= 11 is 5.75. The third kappa shape index (κ3) is 3.47. The van der Waals surface area contributed by atoms with Crippen molar-refractivity contribution in [3.05, 3.63) is 35.6 Å². The third-order valence-electron chi connectivity index (χ3n) is 5.41. The van der Waals surface area contributed by atoms with Gasteiger partial charge in [0.1, 0.15) is 5.82 Å². The maximum Gasteiger partial charge on any atom is 0.411 e. The van der Waals surface area contributed by atoms with E-state index in [1.807, 2.05) is 12.1 Å². The number of benzene rings is 1. The summed E-state index contributed by atoms with van der Waals surface area (Å²) in [6.45, 7) is 5.33. The lowest BCUT2D eigenvalue weighted by Gasteiger charge is -2.37. The topological polar surface area (TPSA) is 29.5 Å². The van der Waals surface area contributed by atoms with Gasteiger partial charge >= 0.3 is 6.09 Å². The first-order chi connectivity index (χ1) is 11.0. The zero-order valence-electron chi connectivity index (χ0n) is 13.5. The van der Waals surface area contributed by atoms with E-state index in [4.69, 9.17) is 16.3 Å². The molecule has 3 nitrogen and oxygen atoms in total. The molecule has 2 aliphatic rings. The Labute approximate surface area is 141 Å². The molecule has 1 aromatic rings. The van der Waals surface area contributed by atoms with Crippen molar-refractivity contribution >= 4 is 17.7 Å². The number of hydrogen-bond donors (Lipinski definition) is 0. The fourth-order valence-electron chi connectivity index (χ4n) is 4.32. The van der Waals surface area contributed by atoms with Gasteiger partial charge in [0.05, 0.1) is 0 Å². The Hall–Kier alpha value is -1.29. The number of carbonyl (C=O) groups excluding carboxylic acids is 1. The van der Waals surface area contributed by atoms with Gasteiger partial charge in [-0.25, -0.2) is 9.18 Å². The summed E-state index contributed by atoms with van der Waals surface area (Å²) in [7, 11) is 0. The van der Waals surface area contributed by atoms with Crippen LogP contribution in [0.4, 0.5) is 9.18 Å². The van der Waals surface area contributed by atoms with Gasteiger partial charge in [-0.2, -0.15) is 0 Å². The van der Waals surface area contributed by atoms with Gasteiger partial charge in [-0.05, 0) is 61.1 Å². The Kier molecular flexibility index (Phi) is 4.81. The molecule has 1 aromatic carbocycles. The highest BCUT2D eigenvalue weighted by molar-refractivity contribution is 6.19. The molecule has 0 aromatic heterocycles. The van der Waals surface area contributed by atoms with E-state index in [1.165, 1.54) is 5.56 Å². The highest BCUT2D eigenvalue weighted by atomic mass is 35.5. The number of carbonyl (C=O) groups is 1. The van der Waals surface area contributed by atoms with Gasteiger partial charge < -0.3 is 9.64 Å². The summed E-state index contributed by atoms with van der Waals surface area (Å²) < 4.78 is 18.3. The van der Waals surface area contributed by atoms with Crippen LogP contribution < -0.4 is 0 Å². The van der Waals surface area contributed by atoms with Crippen molar-refractivity contribution in [1.82, 2.24) is 4.90 Å². The SMILES string of the molecule is CC(Cl)OC(=O)N1CCC2C(c3ccc(F)cc3)CC(C)C2C1. The molecule has 0 bridgehead atoms. The number of rotatable bonds is 2. The van der Waals surface area contributed by atoms with Crippen molar-refractivity contribution in [3.63, 3.8) is 0 Å². The van der Waals surface area contributed by atoms with Crippen molar-refractivity contribution in [2.45, 2.75) is 38.2 Å². The molecule has 0 radical (unpaired) electrons. The van der Waals surface area contributed by atoms with Crippen LogP contribution in [-0.2, 0) is 4.74 Å². The average molecular weight is 340 g/mol. The molecule has 5 atom stereocenters. The van der Waals surface area contributed by atoms with Gasteiger partial charge in [-0.3, -0.25) is 0 Å². The smallest absolute Gasteiger partial charge is 0.411 e. The lowest BCUT2D eigenvalue weighted by molar-refractivity contribution is 0.0626. The summed E-state index contributed by atoms with van der Waals surface area (Å²) in [5.41, 5.74) is 0.615. The monoisotopic (exact) mass is 339 g/mol. The maximum absolute atomic E-state index is 13.2. The molecular weight excluding hydrogens is 317 g/mol. The van der Waals surface area contributed by atoms with E-state index in [2.05, 4.69) is 6.92 Å². The first-order valence-electron chi connectivity index (χ1n) is 8.30. The summed E-state index contributed by atoms with van der Waals surface area (Å²) in [4.78, 5) is 13.9. The molecule has 0 spiro atoms. The van der Waals surface area contributed by atoms with Gasteiger partial charge in [0.15, 0.2) is 5.56 Å². The van der Waals surface area contributed by atoms with Crippen LogP contribution in [0, 0.1) is 23.6 Å². The second-order valence-corrected chi connectivity index (χ2v) is 7.47. The fourth-order valence-corrected chi connectivity index (χ4v) is 4.40. The van der Waals surface area contributed by atoms with Crippen LogP contribution >= 0.6 is 11.6 Å². The summed E-state index contributed by atoms with van der Waals surface area (Å²) in [6, 6.07) is 6.90. The molecule has 5 heteroatoms. The molecule has 23 heavy (non-hydrogen) atoms. The number of ether oxygens (including phenoxy) is 1. The van der Waals surface area contributed by atoms with Crippen LogP contribution in [0.2, 0.25) is 0 Å². The molecule has 126 valence electrons. The van der Waals surface area contributed by atoms with Crippen LogP contribution in [0.3, 0.4) is 0 Å². The van der Waals surface area contributed by atoms with Crippen LogP contribution in [0.1, 0.15) is 38.2 Å². The predicted octanol–water partition coefficient (Wildman–Crippen LogP) is 4.61. The van der Waals surface area contributed by atoms with Crippen LogP contribution in [0.25, 0.3) is 0 Å². The summed E-state index contributed by atoms with van der Waals surface area (Å²) in [6.07, 6.45) is 1.74. The van der Waals surface area contributed by atoms with Crippen LogP contribution in [-0.4, -0.2) is 29.6 Å². The molecule has 2 fully saturated rings. The second kappa shape index (κ2) is 6.68. The van der Waals surface area contributed by atoms with Gasteiger partial charge in [0.25, 0.3) is 0 Å². The lowest BCUT2D eigenvalue weighted by atomic mass is 9.79. The number of hydrogen-bond acceptors (Lipinski definition) is 2. The van der Waals surface area contributed by atoms with Gasteiger partial charge in [0.2, 0.25) is 0 Å². The highest BCUT2D eigenvalue weighted by Gasteiger charge is 2.45. The van der Waals surface area contributed by atoms with Crippen molar-refractivity contribution in [1.29, 1.82) is 0 Å². The van der Waals surface area contributed by atoms with Crippen molar-refractivity contribution in [2.24, 2.45) is 17.8 Å². The van der Waals surface area contributed by atoms with Crippen molar-refractivity contribution in [3.8, 4) is 0 Å². The number of amides is 1. The van der Waals surface area contributed by atoms with Crippen molar-refractivity contribution in [2.75, 3.05) is 13.1 Å². The van der Waals surface area contributed by atoms with Crippen LogP contribution in [0.15, 0.2) is 24.3 Å². The van der Waals surface area contributed by atoms with Crippen LogP contribution in [0.5, 0.6) is 0 Å². The first-order valence-corrected chi connectivity index (χ1v) is 8.74. The molecule has 3 rings (SSSR count). The standard InChI is InChI=1S/C18H23ClFNO2/c1-11-9-16(13-3-5-14(20)6-4-13)15-7-8-21(10-17(11)15)18(22)23-12(2)19/h3-6,11-12,15-17H,7-10H2,1-2H3. The second-order valence-electron chi connectivity index (χ2n) is 6.86. The number of halogens is 2. The van der Waals surface area contributed by atoms with E-state index in [-0.39, 0.29) is 11.9 Å². The van der Waals surface area contributed by atoms with Crippen molar-refractivity contribution < 1.29 is 13.9 Å². The Balaban J connectivity index is 1.70. The largest absolute Gasteiger partial charge is 0.430 e. The molecule has 5 unspecified atom stereocenters. The molecule has 1 amide bonds. The zero-order chi connectivity index (χ0) is 16.6. The number of nitrogens with zero attached hydrogens (tertiary/aromatic N) is 1. The molecule has 1 heterocycles. The molecule has 0 N–H and O–H groups in total. The fraction of sp³-hybridized carbons (Fsp3) is 0.611. The van der Waals surface area contributed by atoms with Gasteiger partial charge in [0, 0.05) is 13.1 Å². The number of piperidine rings is 1. The number of likely N-dealkylation sites (tertiary alicyclic amines) is 1. The Morgan fingerprint density at radius 3 is 2.70 bits per heavy atom. The quantitative estimate of drug-likeness (QED) is 0.736. The minimum atomic E-state index is -0.604. The minimum Gasteiger partial charge on any atom is -0.430 e. The van der Waals surface area contributed by atoms with E-state index in [0.717, 1.165) is 19.4 Å². The minimum absolute atomic E-state index is 0.191. The summed E-state index contributed by atoms with van der Waals surface area (Å²) in [5.74, 6) is 1.83. The van der Waals surface area contributed by atoms with Gasteiger partial charge in [-0.1, -0.05) is 30.7 Å². The highest BCUT2D eigenvalue weighted by Crippen LogP contribution is 2.50. The molecular formula is C18H23ClFNO2. The molecule has 1 saturated carbocycles. The lowest BCUT2D eigenvalue weighted by Crippen LogP contribution is -2.44. The molecule has 1 saturated heterocycles. The van der Waals surface area contributed by atoms with E-state index in [0.29, 0.717) is 30.2 Å². The number of fused-ring (bicyclic) bond motifs is 1. The average Bonchev–Trinajstić information content (AvgIpc) is 2.84. The third-order valence-corrected chi connectivity index (χ3v) is 5.50. The van der Waals surface area contributed by atoms with Gasteiger partial charge in [-0.15, -0.1) is 0 Å². The zero-order valence-corrected chi connectivity index (χ0v) is 14.3. The van der Waals surface area contributed by atoms with E-state index in [9.17, 15) is 9.18 Å². The van der Waals surface area contributed by atoms with E-state index in [1.54, 1.807) is 24.0 Å². The molecule has 1 aliphatic carbocycles. The Bertz CT molecular complexity index is 563. The van der Waals surface area contributed by atoms with E-state index >= 15 is 0 Å². The normalized spacial score (nSPS) is 31.6. The Morgan fingerprint density at radius 2 is 2.04 bits per heavy atom. The first kappa shape index (κ1) is 16.6. The maximum atomic E-state index is 13.2.